The minimum atomic E-state index is 0.842. The summed E-state index contributed by atoms with van der Waals surface area (Å²) in [6, 6.07) is 14.1. The van der Waals surface area contributed by atoms with Crippen molar-refractivity contribution in [3.05, 3.63) is 54.9 Å². The van der Waals surface area contributed by atoms with Crippen molar-refractivity contribution in [2.45, 2.75) is 12.1 Å². The lowest BCUT2D eigenvalue weighted by atomic mass is 10.2. The van der Waals surface area contributed by atoms with E-state index in [-0.39, 0.29) is 0 Å². The summed E-state index contributed by atoms with van der Waals surface area (Å²) in [6.45, 7) is 2.11. The third-order valence-corrected chi connectivity index (χ3v) is 3.67. The molecule has 0 aliphatic heterocycles. The van der Waals surface area contributed by atoms with E-state index < -0.39 is 0 Å². The second-order valence-corrected chi connectivity index (χ2v) is 5.38. The molecule has 2 aromatic heterocycles. The number of thioether (sulfide) groups is 1. The summed E-state index contributed by atoms with van der Waals surface area (Å²) in [5.41, 5.74) is 2.08. The maximum absolute atomic E-state index is 4.35. The van der Waals surface area contributed by atoms with Crippen molar-refractivity contribution < 1.29 is 0 Å². The van der Waals surface area contributed by atoms with Gasteiger partial charge in [0, 0.05) is 23.6 Å². The number of pyridine rings is 1. The van der Waals surface area contributed by atoms with Gasteiger partial charge in [0.05, 0.1) is 0 Å². The molecule has 0 aliphatic carbocycles. The third-order valence-electron chi connectivity index (χ3n) is 2.86. The molecule has 0 unspecified atom stereocenters. The first-order valence-corrected chi connectivity index (χ1v) is 7.42. The molecular formula is C15H14N4S. The van der Waals surface area contributed by atoms with Crippen LogP contribution in [0.2, 0.25) is 0 Å². The monoisotopic (exact) mass is 282 g/mol. The van der Waals surface area contributed by atoms with Crippen LogP contribution in [0.4, 0.5) is 0 Å². The molecule has 0 amide bonds. The number of hydrogen-bond acceptors (Lipinski definition) is 4. The first-order valence-electron chi connectivity index (χ1n) is 6.44. The second-order valence-electron chi connectivity index (χ2n) is 4.15. The van der Waals surface area contributed by atoms with Gasteiger partial charge in [0.15, 0.2) is 11.0 Å². The van der Waals surface area contributed by atoms with Gasteiger partial charge in [-0.3, -0.25) is 9.55 Å². The van der Waals surface area contributed by atoms with Crippen LogP contribution in [0, 0.1) is 0 Å². The van der Waals surface area contributed by atoms with Crippen LogP contribution in [0.1, 0.15) is 6.92 Å². The van der Waals surface area contributed by atoms with Crippen LogP contribution in [-0.4, -0.2) is 25.5 Å². The van der Waals surface area contributed by atoms with Crippen molar-refractivity contribution in [3.63, 3.8) is 0 Å². The molecule has 20 heavy (non-hydrogen) atoms. The Bertz CT molecular complexity index is 680. The molecule has 2 heterocycles. The smallest absolute Gasteiger partial charge is 0.196 e. The van der Waals surface area contributed by atoms with E-state index in [0.717, 1.165) is 28.0 Å². The molecular weight excluding hydrogens is 268 g/mol. The Morgan fingerprint density at radius 3 is 2.45 bits per heavy atom. The highest BCUT2D eigenvalue weighted by atomic mass is 32.2. The predicted molar refractivity (Wildman–Crippen MR) is 81.0 cm³/mol. The lowest BCUT2D eigenvalue weighted by Gasteiger charge is -2.09. The first kappa shape index (κ1) is 12.9. The van der Waals surface area contributed by atoms with Crippen LogP contribution in [0.5, 0.6) is 0 Å². The van der Waals surface area contributed by atoms with Gasteiger partial charge in [-0.15, -0.1) is 10.2 Å². The average Bonchev–Trinajstić information content (AvgIpc) is 2.93. The standard InChI is InChI=1S/C15H14N4S/c1-2-20-15-18-17-14(12-8-10-16-11-9-12)19(15)13-6-4-3-5-7-13/h3-11H,2H2,1H3. The van der Waals surface area contributed by atoms with Crippen LogP contribution >= 0.6 is 11.8 Å². The molecule has 100 valence electrons. The Hall–Kier alpha value is -2.14. The van der Waals surface area contributed by atoms with Gasteiger partial charge in [0.2, 0.25) is 0 Å². The summed E-state index contributed by atoms with van der Waals surface area (Å²) in [7, 11) is 0. The van der Waals surface area contributed by atoms with Crippen molar-refractivity contribution >= 4 is 11.8 Å². The zero-order valence-electron chi connectivity index (χ0n) is 11.1. The van der Waals surface area contributed by atoms with Gasteiger partial charge in [0.1, 0.15) is 0 Å². The van der Waals surface area contributed by atoms with E-state index in [1.54, 1.807) is 24.2 Å². The number of para-hydroxylation sites is 1. The molecule has 1 aromatic carbocycles. The number of benzene rings is 1. The van der Waals surface area contributed by atoms with E-state index >= 15 is 0 Å². The fourth-order valence-corrected chi connectivity index (χ4v) is 2.67. The van der Waals surface area contributed by atoms with E-state index in [1.807, 2.05) is 30.3 Å². The second kappa shape index (κ2) is 5.88. The first-order chi connectivity index (χ1) is 9.90. The summed E-state index contributed by atoms with van der Waals surface area (Å²) in [5.74, 6) is 1.80. The van der Waals surface area contributed by atoms with Gasteiger partial charge in [-0.2, -0.15) is 0 Å². The average molecular weight is 282 g/mol. The number of aromatic nitrogens is 4. The highest BCUT2D eigenvalue weighted by Gasteiger charge is 2.15. The van der Waals surface area contributed by atoms with Crippen LogP contribution in [-0.2, 0) is 0 Å². The predicted octanol–water partition coefficient (Wildman–Crippen LogP) is 3.44. The quantitative estimate of drug-likeness (QED) is 0.688. The van der Waals surface area contributed by atoms with E-state index in [0.29, 0.717) is 0 Å². The minimum absolute atomic E-state index is 0.842. The molecule has 0 aliphatic rings. The summed E-state index contributed by atoms with van der Waals surface area (Å²) in [5, 5.41) is 9.57. The Kier molecular flexibility index (Phi) is 3.78. The zero-order valence-corrected chi connectivity index (χ0v) is 11.9. The molecule has 3 aromatic rings. The summed E-state index contributed by atoms with van der Waals surface area (Å²) in [6.07, 6.45) is 3.54. The number of hydrogen-bond donors (Lipinski definition) is 0. The van der Waals surface area contributed by atoms with Crippen molar-refractivity contribution in [2.75, 3.05) is 5.75 Å². The summed E-state index contributed by atoms with van der Waals surface area (Å²) >= 11 is 1.69. The largest absolute Gasteiger partial charge is 0.270 e. The van der Waals surface area contributed by atoms with E-state index in [9.17, 15) is 0 Å². The van der Waals surface area contributed by atoms with E-state index in [1.165, 1.54) is 0 Å². The molecule has 0 radical (unpaired) electrons. The zero-order chi connectivity index (χ0) is 13.8. The molecule has 0 atom stereocenters. The molecule has 0 saturated carbocycles. The Balaban J connectivity index is 2.17. The highest BCUT2D eigenvalue weighted by molar-refractivity contribution is 7.99. The van der Waals surface area contributed by atoms with Gasteiger partial charge in [-0.25, -0.2) is 0 Å². The molecule has 0 N–H and O–H groups in total. The van der Waals surface area contributed by atoms with Crippen molar-refractivity contribution in [2.24, 2.45) is 0 Å². The maximum atomic E-state index is 4.35. The summed E-state index contributed by atoms with van der Waals surface area (Å²) < 4.78 is 2.09. The SMILES string of the molecule is CCSc1nnc(-c2ccncc2)n1-c1ccccc1. The van der Waals surface area contributed by atoms with Gasteiger partial charge in [-0.05, 0) is 30.0 Å². The van der Waals surface area contributed by atoms with E-state index in [4.69, 9.17) is 0 Å². The lowest BCUT2D eigenvalue weighted by molar-refractivity contribution is 0.887. The van der Waals surface area contributed by atoms with Crippen LogP contribution in [0.15, 0.2) is 60.0 Å². The number of rotatable bonds is 4. The molecule has 0 bridgehead atoms. The highest BCUT2D eigenvalue weighted by Crippen LogP contribution is 2.27. The lowest BCUT2D eigenvalue weighted by Crippen LogP contribution is -1.99. The topological polar surface area (TPSA) is 43.6 Å². The minimum Gasteiger partial charge on any atom is -0.270 e. The Morgan fingerprint density at radius 1 is 1.00 bits per heavy atom. The fraction of sp³-hybridized carbons (Fsp3) is 0.133. The molecule has 0 fully saturated rings. The molecule has 5 heteroatoms. The molecule has 4 nitrogen and oxygen atoms in total. The number of nitrogens with zero attached hydrogens (tertiary/aromatic N) is 4. The summed E-state index contributed by atoms with van der Waals surface area (Å²) in [4.78, 5) is 4.05. The normalized spacial score (nSPS) is 10.7. The molecule has 0 saturated heterocycles. The van der Waals surface area contributed by atoms with Gasteiger partial charge < -0.3 is 0 Å². The third kappa shape index (κ3) is 2.44. The van der Waals surface area contributed by atoms with Crippen LogP contribution in [0.25, 0.3) is 17.1 Å². The Labute approximate surface area is 121 Å². The maximum Gasteiger partial charge on any atom is 0.196 e. The van der Waals surface area contributed by atoms with Crippen molar-refractivity contribution in [1.82, 2.24) is 19.7 Å². The van der Waals surface area contributed by atoms with Gasteiger partial charge in [0.25, 0.3) is 0 Å². The van der Waals surface area contributed by atoms with Crippen LogP contribution < -0.4 is 0 Å². The fourth-order valence-electron chi connectivity index (χ4n) is 1.99. The van der Waals surface area contributed by atoms with Crippen molar-refractivity contribution in [3.8, 4) is 17.1 Å². The van der Waals surface area contributed by atoms with Gasteiger partial charge in [-0.1, -0.05) is 36.9 Å². The van der Waals surface area contributed by atoms with Crippen molar-refractivity contribution in [1.29, 1.82) is 0 Å². The molecule has 3 rings (SSSR count). The van der Waals surface area contributed by atoms with E-state index in [2.05, 4.69) is 38.8 Å². The Morgan fingerprint density at radius 2 is 1.75 bits per heavy atom. The molecule has 0 spiro atoms. The van der Waals surface area contributed by atoms with Gasteiger partial charge >= 0.3 is 0 Å². The van der Waals surface area contributed by atoms with Crippen LogP contribution in [0.3, 0.4) is 0 Å².